The molecule has 0 saturated heterocycles. The summed E-state index contributed by atoms with van der Waals surface area (Å²) in [6, 6.07) is 3.34. The maximum Gasteiger partial charge on any atom is 0.243 e. The summed E-state index contributed by atoms with van der Waals surface area (Å²) in [6.45, 7) is 1.99. The molecule has 0 heterocycles. The number of rotatable bonds is 6. The van der Waals surface area contributed by atoms with Gasteiger partial charge in [-0.3, -0.25) is 0 Å². The zero-order valence-electron chi connectivity index (χ0n) is 10.3. The number of nitrogens with two attached hydrogens (primary N) is 1. The first kappa shape index (κ1) is 15.0. The predicted octanol–water partition coefficient (Wildman–Crippen LogP) is 0.598. The minimum atomic E-state index is -3.91. The van der Waals surface area contributed by atoms with Crippen molar-refractivity contribution in [1.82, 2.24) is 4.72 Å². The van der Waals surface area contributed by atoms with E-state index in [1.165, 1.54) is 19.2 Å². The molecule has 1 unspecified atom stereocenters. The maximum atomic E-state index is 13.5. The van der Waals surface area contributed by atoms with Gasteiger partial charge in [-0.05, 0) is 24.6 Å². The van der Waals surface area contributed by atoms with Gasteiger partial charge in [-0.2, -0.15) is 0 Å². The third kappa shape index (κ3) is 3.74. The molecule has 7 heteroatoms. The third-order valence-corrected chi connectivity index (χ3v) is 3.90. The smallest absolute Gasteiger partial charge is 0.243 e. The number of ether oxygens (including phenoxy) is 1. The van der Waals surface area contributed by atoms with Crippen LogP contribution in [0.3, 0.4) is 0 Å². The van der Waals surface area contributed by atoms with Crippen molar-refractivity contribution >= 4 is 10.0 Å². The van der Waals surface area contributed by atoms with Gasteiger partial charge in [-0.15, -0.1) is 0 Å². The number of halogens is 1. The molecule has 1 atom stereocenters. The SMILES string of the molecule is COCC(C)NS(=O)(=O)c1cc(CN)ccc1F. The summed E-state index contributed by atoms with van der Waals surface area (Å²) >= 11 is 0. The highest BCUT2D eigenvalue weighted by Gasteiger charge is 2.21. The Kier molecular flexibility index (Phi) is 5.21. The van der Waals surface area contributed by atoms with Gasteiger partial charge >= 0.3 is 0 Å². The van der Waals surface area contributed by atoms with E-state index in [9.17, 15) is 12.8 Å². The van der Waals surface area contributed by atoms with Crippen LogP contribution in [-0.4, -0.2) is 28.2 Å². The van der Waals surface area contributed by atoms with Crippen molar-refractivity contribution in [3.63, 3.8) is 0 Å². The second-order valence-electron chi connectivity index (χ2n) is 3.95. The van der Waals surface area contributed by atoms with Gasteiger partial charge < -0.3 is 10.5 Å². The molecule has 0 aromatic heterocycles. The fourth-order valence-electron chi connectivity index (χ4n) is 1.49. The Morgan fingerprint density at radius 2 is 2.17 bits per heavy atom. The predicted molar refractivity (Wildman–Crippen MR) is 66.0 cm³/mol. The summed E-state index contributed by atoms with van der Waals surface area (Å²) in [5.41, 5.74) is 5.96. The molecule has 3 N–H and O–H groups in total. The van der Waals surface area contributed by atoms with E-state index in [1.807, 2.05) is 0 Å². The van der Waals surface area contributed by atoms with E-state index in [1.54, 1.807) is 6.92 Å². The van der Waals surface area contributed by atoms with Crippen LogP contribution in [0.15, 0.2) is 23.1 Å². The van der Waals surface area contributed by atoms with Crippen LogP contribution in [0.4, 0.5) is 4.39 Å². The largest absolute Gasteiger partial charge is 0.383 e. The zero-order chi connectivity index (χ0) is 13.8. The minimum absolute atomic E-state index is 0.149. The number of benzene rings is 1. The van der Waals surface area contributed by atoms with Crippen LogP contribution in [0.2, 0.25) is 0 Å². The first-order valence-electron chi connectivity index (χ1n) is 5.40. The van der Waals surface area contributed by atoms with Gasteiger partial charge in [0, 0.05) is 19.7 Å². The molecular weight excluding hydrogens is 259 g/mol. The third-order valence-electron chi connectivity index (χ3n) is 2.29. The van der Waals surface area contributed by atoms with E-state index in [-0.39, 0.29) is 13.2 Å². The van der Waals surface area contributed by atoms with Crippen molar-refractivity contribution in [2.45, 2.75) is 24.4 Å². The number of hydrogen-bond donors (Lipinski definition) is 2. The Balaban J connectivity index is 3.04. The molecule has 0 saturated carbocycles. The van der Waals surface area contributed by atoms with E-state index in [4.69, 9.17) is 10.5 Å². The van der Waals surface area contributed by atoms with Gasteiger partial charge in [0.2, 0.25) is 10.0 Å². The summed E-state index contributed by atoms with van der Waals surface area (Å²) < 4.78 is 44.6. The van der Waals surface area contributed by atoms with Gasteiger partial charge in [-0.25, -0.2) is 17.5 Å². The van der Waals surface area contributed by atoms with E-state index in [0.29, 0.717) is 5.56 Å². The fourth-order valence-corrected chi connectivity index (χ4v) is 2.85. The molecule has 0 aliphatic heterocycles. The molecule has 0 aliphatic carbocycles. The van der Waals surface area contributed by atoms with E-state index in [0.717, 1.165) is 6.07 Å². The number of nitrogens with one attached hydrogen (secondary N) is 1. The average Bonchev–Trinajstić information content (AvgIpc) is 2.29. The Morgan fingerprint density at radius 1 is 1.50 bits per heavy atom. The van der Waals surface area contributed by atoms with Crippen LogP contribution in [0.25, 0.3) is 0 Å². The lowest BCUT2D eigenvalue weighted by Crippen LogP contribution is -2.36. The number of hydrogen-bond acceptors (Lipinski definition) is 4. The van der Waals surface area contributed by atoms with Crippen LogP contribution in [-0.2, 0) is 21.3 Å². The molecule has 0 radical (unpaired) electrons. The van der Waals surface area contributed by atoms with Crippen molar-refractivity contribution in [1.29, 1.82) is 0 Å². The van der Waals surface area contributed by atoms with Gasteiger partial charge in [0.15, 0.2) is 0 Å². The topological polar surface area (TPSA) is 81.4 Å². The molecule has 0 spiro atoms. The van der Waals surface area contributed by atoms with Gasteiger partial charge in [-0.1, -0.05) is 6.07 Å². The molecule has 1 aromatic rings. The van der Waals surface area contributed by atoms with Crippen LogP contribution in [0, 0.1) is 5.82 Å². The van der Waals surface area contributed by atoms with Crippen molar-refractivity contribution in [2.24, 2.45) is 5.73 Å². The van der Waals surface area contributed by atoms with Gasteiger partial charge in [0.05, 0.1) is 6.61 Å². The van der Waals surface area contributed by atoms with Crippen molar-refractivity contribution in [2.75, 3.05) is 13.7 Å². The second kappa shape index (κ2) is 6.24. The van der Waals surface area contributed by atoms with Crippen LogP contribution < -0.4 is 10.5 Å². The molecule has 5 nitrogen and oxygen atoms in total. The monoisotopic (exact) mass is 276 g/mol. The Bertz CT molecular complexity index is 505. The molecule has 0 aliphatic rings. The fraction of sp³-hybridized carbons (Fsp3) is 0.455. The Hall–Kier alpha value is -1.02. The zero-order valence-corrected chi connectivity index (χ0v) is 11.1. The second-order valence-corrected chi connectivity index (χ2v) is 5.63. The highest BCUT2D eigenvalue weighted by molar-refractivity contribution is 7.89. The average molecular weight is 276 g/mol. The van der Waals surface area contributed by atoms with Gasteiger partial charge in [0.25, 0.3) is 0 Å². The summed E-state index contributed by atoms with van der Waals surface area (Å²) in [5.74, 6) is -0.802. The van der Waals surface area contributed by atoms with E-state index in [2.05, 4.69) is 4.72 Å². The van der Waals surface area contributed by atoms with E-state index < -0.39 is 26.8 Å². The standard InChI is InChI=1S/C11H17FN2O3S/c1-8(7-17-2)14-18(15,16)11-5-9(6-13)3-4-10(11)12/h3-5,8,14H,6-7,13H2,1-2H3. The van der Waals surface area contributed by atoms with Crippen LogP contribution >= 0.6 is 0 Å². The van der Waals surface area contributed by atoms with Gasteiger partial charge in [0.1, 0.15) is 10.7 Å². The number of sulfonamides is 1. The molecule has 0 amide bonds. The molecule has 18 heavy (non-hydrogen) atoms. The highest BCUT2D eigenvalue weighted by atomic mass is 32.2. The molecule has 0 fully saturated rings. The van der Waals surface area contributed by atoms with Crippen molar-refractivity contribution in [3.05, 3.63) is 29.6 Å². The lowest BCUT2D eigenvalue weighted by atomic mass is 10.2. The summed E-state index contributed by atoms with van der Waals surface area (Å²) in [6.07, 6.45) is 0. The minimum Gasteiger partial charge on any atom is -0.383 e. The lowest BCUT2D eigenvalue weighted by molar-refractivity contribution is 0.180. The van der Waals surface area contributed by atoms with Crippen molar-refractivity contribution in [3.8, 4) is 0 Å². The molecule has 1 aromatic carbocycles. The summed E-state index contributed by atoms with van der Waals surface area (Å²) in [4.78, 5) is -0.395. The highest BCUT2D eigenvalue weighted by Crippen LogP contribution is 2.16. The van der Waals surface area contributed by atoms with E-state index >= 15 is 0 Å². The van der Waals surface area contributed by atoms with Crippen molar-refractivity contribution < 1.29 is 17.5 Å². The first-order valence-corrected chi connectivity index (χ1v) is 6.88. The van der Waals surface area contributed by atoms with Crippen LogP contribution in [0.1, 0.15) is 12.5 Å². The molecule has 1 rings (SSSR count). The molecule has 0 bridgehead atoms. The molecular formula is C11H17FN2O3S. The Morgan fingerprint density at radius 3 is 2.72 bits per heavy atom. The quantitative estimate of drug-likeness (QED) is 0.797. The van der Waals surface area contributed by atoms with Crippen LogP contribution in [0.5, 0.6) is 0 Å². The number of methoxy groups -OCH3 is 1. The maximum absolute atomic E-state index is 13.5. The first-order chi connectivity index (χ1) is 8.40. The summed E-state index contributed by atoms with van der Waals surface area (Å²) in [7, 11) is -2.45. The normalized spacial score (nSPS) is 13.6. The lowest BCUT2D eigenvalue weighted by Gasteiger charge is -2.14. The molecule has 102 valence electrons. The Labute approximate surface area is 106 Å². The summed E-state index contributed by atoms with van der Waals surface area (Å²) in [5, 5.41) is 0.